The monoisotopic (exact) mass is 1080 g/mol. The van der Waals surface area contributed by atoms with Crippen LogP contribution < -0.4 is 0 Å². The van der Waals surface area contributed by atoms with E-state index < -0.39 is 10.2 Å². The largest absolute Gasteiger partial charge is 2.00 e. The van der Waals surface area contributed by atoms with E-state index in [9.17, 15) is 0 Å². The van der Waals surface area contributed by atoms with Crippen molar-refractivity contribution in [2.45, 2.75) is 227 Å². The molecule has 0 spiro atoms. The number of hydrogen-bond donors (Lipinski definition) is 0. The van der Waals surface area contributed by atoms with Gasteiger partial charge in [0.25, 0.3) is 0 Å². The minimum atomic E-state index is -1.75. The van der Waals surface area contributed by atoms with Crippen LogP contribution in [0.2, 0.25) is 0 Å². The van der Waals surface area contributed by atoms with Crippen molar-refractivity contribution in [3.05, 3.63) is 128 Å². The van der Waals surface area contributed by atoms with Crippen molar-refractivity contribution >= 4 is 37.6 Å². The Hall–Kier alpha value is -3.74. The summed E-state index contributed by atoms with van der Waals surface area (Å²) >= 11 is 0. The number of hydrogen-bond acceptors (Lipinski definition) is 8. The molecule has 0 aliphatic heterocycles. The average Bonchev–Trinajstić information content (AvgIpc) is 3.43. The number of benzene rings is 3. The summed E-state index contributed by atoms with van der Waals surface area (Å²) < 4.78 is 0. The summed E-state index contributed by atoms with van der Waals surface area (Å²) in [5, 5.41) is 31.8. The van der Waals surface area contributed by atoms with Crippen LogP contribution in [0.5, 0.6) is 0 Å². The maximum atomic E-state index is 8.25. The number of nitrogens with zero attached hydrogens (tertiary/aromatic N) is 4. The van der Waals surface area contributed by atoms with Gasteiger partial charge in [0.15, 0.2) is 0 Å². The third-order valence-corrected chi connectivity index (χ3v) is 24.9. The molecule has 6 fully saturated rings. The second-order valence-corrected chi connectivity index (χ2v) is 27.6. The molecule has 5 aromatic rings. The normalized spacial score (nSPS) is 19.6. The van der Waals surface area contributed by atoms with Crippen molar-refractivity contribution in [2.24, 2.45) is 0 Å². The molecule has 0 saturated heterocycles. The van der Waals surface area contributed by atoms with Crippen LogP contribution >= 0.6 is 15.8 Å². The minimum absolute atomic E-state index is 0. The average molecular weight is 1080 g/mol. The van der Waals surface area contributed by atoms with E-state index in [1.54, 1.807) is 154 Å². The van der Waals surface area contributed by atoms with Crippen molar-refractivity contribution < 1.29 is 27.2 Å². The fourth-order valence-electron chi connectivity index (χ4n) is 13.6. The second-order valence-electron chi connectivity index (χ2n) is 21.4. The number of pyridine rings is 2. The zero-order valence-corrected chi connectivity index (χ0v) is 46.1. The summed E-state index contributed by atoms with van der Waals surface area (Å²) in [6.07, 6.45) is 51.0. The van der Waals surface area contributed by atoms with Gasteiger partial charge in [-0.2, -0.15) is 0 Å². The van der Waals surface area contributed by atoms with Crippen molar-refractivity contribution in [3.8, 4) is 22.3 Å². The molecule has 0 bridgehead atoms. The maximum Gasteiger partial charge on any atom is 2.00 e. The van der Waals surface area contributed by atoms with Crippen LogP contribution in [0.3, 0.4) is 0 Å². The molecule has 3 aromatic carbocycles. The van der Waals surface area contributed by atoms with Crippen LogP contribution in [0, 0.1) is 30.6 Å². The third-order valence-electron chi connectivity index (χ3n) is 16.8. The summed E-state index contributed by atoms with van der Waals surface area (Å²) in [6.45, 7) is 0. The summed E-state index contributed by atoms with van der Waals surface area (Å²) in [6, 6.07) is 29.3. The molecular weight excluding hydrogens is 998 g/mol. The predicted octanol–water partition coefficient (Wildman–Crippen LogP) is 18.6. The molecule has 10 nitrogen and oxygen atoms in total. The van der Waals surface area contributed by atoms with Gasteiger partial charge < -0.3 is 30.6 Å². The Balaban J connectivity index is 0.000000167. The van der Waals surface area contributed by atoms with E-state index in [1.807, 2.05) is 24.5 Å². The molecule has 0 atom stereocenters. The number of rotatable bonds is 8. The first-order valence-electron chi connectivity index (χ1n) is 28.2. The van der Waals surface area contributed by atoms with E-state index in [2.05, 4.69) is 82.8 Å². The zero-order chi connectivity index (χ0) is 50.3. The SMILES string of the molecule is C1CCC(P(C2CCCCC2)C2CCCCC2)CC1.C1CCC(P(C2CCCCC2)C2CCCCC2)CC1.O=[N+]([O-])[O-].O=[N+]([O-])[O-].[Cu+2].c1ccc(-c2ccnc3c2ccc2c(-c4ccccc4)ccnc23)cc1. The van der Waals surface area contributed by atoms with E-state index in [4.69, 9.17) is 30.6 Å². The molecule has 399 valence electrons. The van der Waals surface area contributed by atoms with E-state index >= 15 is 0 Å². The fraction of sp³-hybridized carbons (Fsp3) is 0.600. The molecular formula is C60H82CuN4O6P2. The molecule has 1 radical (unpaired) electrons. The summed E-state index contributed by atoms with van der Waals surface area (Å²) in [4.78, 5) is 25.8. The van der Waals surface area contributed by atoms with Crippen molar-refractivity contribution in [1.82, 2.24) is 9.97 Å². The molecule has 2 aromatic heterocycles. The van der Waals surface area contributed by atoms with Crippen molar-refractivity contribution in [1.29, 1.82) is 0 Å². The first-order chi connectivity index (χ1) is 35.3. The second kappa shape index (κ2) is 32.0. The molecule has 0 unspecified atom stereocenters. The van der Waals surface area contributed by atoms with Crippen molar-refractivity contribution in [3.63, 3.8) is 0 Å². The van der Waals surface area contributed by atoms with Gasteiger partial charge in [0.2, 0.25) is 0 Å². The van der Waals surface area contributed by atoms with Gasteiger partial charge in [0.05, 0.1) is 21.2 Å². The van der Waals surface area contributed by atoms with Gasteiger partial charge in [0.1, 0.15) is 0 Å². The molecule has 0 N–H and O–H groups in total. The van der Waals surface area contributed by atoms with Crippen LogP contribution in [0.4, 0.5) is 0 Å². The van der Waals surface area contributed by atoms with Gasteiger partial charge in [-0.1, -0.05) is 204 Å². The topological polar surface area (TPSA) is 158 Å². The van der Waals surface area contributed by atoms with Crippen LogP contribution in [-0.2, 0) is 17.1 Å². The quantitative estimate of drug-likeness (QED) is 0.0488. The number of aromatic nitrogens is 2. The Morgan fingerprint density at radius 2 is 0.562 bits per heavy atom. The van der Waals surface area contributed by atoms with Crippen molar-refractivity contribution in [2.75, 3.05) is 0 Å². The predicted molar refractivity (Wildman–Crippen MR) is 304 cm³/mol. The number of fused-ring (bicyclic) bond motifs is 3. The Kier molecular flexibility index (Phi) is 25.6. The van der Waals surface area contributed by atoms with Gasteiger partial charge >= 0.3 is 17.1 Å². The molecule has 0 amide bonds. The standard InChI is InChI=1S/C24H16N2.2C18H33P.Cu.2NO3/c1-3-7-17(8-4-1)19-13-15-25-23-21(19)11-12-22-20(14-16-26-24(22)23)18-9-5-2-6-10-18;2*1-4-10-16(11-5-1)19(17-12-6-2-7-13-17)18-14-8-3-9-15-18;;2*2-1(3)4/h1-16H;2*16-18H,1-15H2;;;/q;;;+2;2*-1. The Bertz CT molecular complexity index is 2090. The molecule has 6 aliphatic rings. The van der Waals surface area contributed by atoms with Gasteiger partial charge in [-0.25, -0.2) is 0 Å². The van der Waals surface area contributed by atoms with Gasteiger partial charge in [-0.15, -0.1) is 0 Å². The van der Waals surface area contributed by atoms with Crippen LogP contribution in [0.1, 0.15) is 193 Å². The molecule has 11 rings (SSSR count). The Labute approximate surface area is 449 Å². The minimum Gasteiger partial charge on any atom is -0.356 e. The summed E-state index contributed by atoms with van der Waals surface area (Å²) in [5.74, 6) is 0. The Morgan fingerprint density at radius 1 is 0.342 bits per heavy atom. The van der Waals surface area contributed by atoms with Crippen LogP contribution in [-0.4, -0.2) is 54.1 Å². The molecule has 6 aliphatic carbocycles. The van der Waals surface area contributed by atoms with Gasteiger partial charge in [-0.05, 0) is 145 Å². The summed E-state index contributed by atoms with van der Waals surface area (Å²) in [7, 11) is 0.770. The van der Waals surface area contributed by atoms with Gasteiger partial charge in [0, 0.05) is 23.2 Å². The molecule has 13 heteroatoms. The first-order valence-corrected chi connectivity index (χ1v) is 31.3. The molecule has 73 heavy (non-hydrogen) atoms. The van der Waals surface area contributed by atoms with E-state index in [1.165, 1.54) is 94.7 Å². The fourth-order valence-corrected chi connectivity index (χ4v) is 23.0. The van der Waals surface area contributed by atoms with Gasteiger partial charge in [-0.3, -0.25) is 9.97 Å². The Morgan fingerprint density at radius 3 is 0.781 bits per heavy atom. The maximum absolute atomic E-state index is 8.25. The summed E-state index contributed by atoms with van der Waals surface area (Å²) in [5.41, 5.74) is 13.8. The molecule has 6 saturated carbocycles. The smallest absolute Gasteiger partial charge is 0.356 e. The molecule has 2 heterocycles. The van der Waals surface area contributed by atoms with Crippen LogP contribution in [0.25, 0.3) is 44.1 Å². The van der Waals surface area contributed by atoms with E-state index in [0.717, 1.165) is 21.8 Å². The van der Waals surface area contributed by atoms with E-state index in [-0.39, 0.29) is 17.1 Å². The van der Waals surface area contributed by atoms with E-state index in [0.29, 0.717) is 15.8 Å². The zero-order valence-electron chi connectivity index (χ0n) is 43.3. The third kappa shape index (κ3) is 17.9. The first kappa shape index (κ1) is 58.5. The van der Waals surface area contributed by atoms with Crippen LogP contribution in [0.15, 0.2) is 97.3 Å².